The lowest BCUT2D eigenvalue weighted by molar-refractivity contribution is 0.0505. The first kappa shape index (κ1) is 25.9. The molecule has 0 bridgehead atoms. The van der Waals surface area contributed by atoms with Crippen molar-refractivity contribution in [3.63, 3.8) is 0 Å². The fraction of sp³-hybridized carbons (Fsp3) is 0.241. The van der Waals surface area contributed by atoms with Crippen molar-refractivity contribution in [3.05, 3.63) is 106 Å². The first-order chi connectivity index (χ1) is 18.4. The summed E-state index contributed by atoms with van der Waals surface area (Å²) in [6.07, 6.45) is 1.63. The highest BCUT2D eigenvalue weighted by molar-refractivity contribution is 6.33. The molecule has 1 fully saturated rings. The molecule has 1 aliphatic rings. The van der Waals surface area contributed by atoms with Crippen molar-refractivity contribution in [3.8, 4) is 17.3 Å². The van der Waals surface area contributed by atoms with Crippen LogP contribution in [-0.2, 0) is 11.3 Å². The zero-order chi connectivity index (χ0) is 26.6. The predicted octanol–water partition coefficient (Wildman–Crippen LogP) is 6.73. The third-order valence-electron chi connectivity index (χ3n) is 6.43. The largest absolute Gasteiger partial charge is 0.435 e. The summed E-state index contributed by atoms with van der Waals surface area (Å²) in [7, 11) is 0. The Bertz CT molecular complexity index is 1440. The van der Waals surface area contributed by atoms with Gasteiger partial charge >= 0.3 is 0 Å². The van der Waals surface area contributed by atoms with Gasteiger partial charge in [-0.15, -0.1) is 0 Å². The van der Waals surface area contributed by atoms with Gasteiger partial charge in [-0.3, -0.25) is 4.79 Å². The molecule has 196 valence electrons. The molecule has 9 heteroatoms. The van der Waals surface area contributed by atoms with Gasteiger partial charge < -0.3 is 14.4 Å². The number of benzene rings is 3. The van der Waals surface area contributed by atoms with Crippen LogP contribution < -0.4 is 4.74 Å². The molecule has 0 N–H and O–H groups in total. The maximum atomic E-state index is 14.6. The topological polar surface area (TPSA) is 56.6 Å². The van der Waals surface area contributed by atoms with E-state index in [4.69, 9.17) is 21.1 Å². The van der Waals surface area contributed by atoms with E-state index in [-0.39, 0.29) is 30.2 Å². The number of carbonyl (C=O) groups excluding carboxylic acids is 1. The minimum atomic E-state index is -0.849. The zero-order valence-corrected chi connectivity index (χ0v) is 21.5. The van der Waals surface area contributed by atoms with E-state index in [9.17, 15) is 13.6 Å². The highest BCUT2D eigenvalue weighted by Crippen LogP contribution is 2.34. The van der Waals surface area contributed by atoms with Crippen LogP contribution in [0.2, 0.25) is 5.02 Å². The van der Waals surface area contributed by atoms with Gasteiger partial charge in [0.05, 0.1) is 40.2 Å². The van der Waals surface area contributed by atoms with Crippen LogP contribution in [0.15, 0.2) is 72.8 Å². The van der Waals surface area contributed by atoms with E-state index >= 15 is 0 Å². The summed E-state index contributed by atoms with van der Waals surface area (Å²) in [6, 6.07) is 19.2. The fourth-order valence-electron chi connectivity index (χ4n) is 4.48. The maximum Gasteiger partial charge on any atom is 0.255 e. The smallest absolute Gasteiger partial charge is 0.255 e. The molecule has 6 nitrogen and oxygen atoms in total. The summed E-state index contributed by atoms with van der Waals surface area (Å²) < 4.78 is 41.7. The van der Waals surface area contributed by atoms with Gasteiger partial charge in [-0.25, -0.2) is 13.5 Å². The van der Waals surface area contributed by atoms with Crippen molar-refractivity contribution in [1.82, 2.24) is 14.7 Å². The van der Waals surface area contributed by atoms with Crippen LogP contribution in [0, 0.1) is 18.6 Å². The molecule has 3 aromatic carbocycles. The van der Waals surface area contributed by atoms with Crippen molar-refractivity contribution in [1.29, 1.82) is 0 Å². The molecule has 4 aromatic rings. The standard InChI is InChI=1S/C29H26ClF2N3O3/c1-19-24(18-34(17-22-10-7-15-37-22)28(36)23-11-5-6-12-25(23)30)29(35(33-19)21-8-3-2-4-9-21)38-27-14-13-20(31)16-26(27)32/h2-6,8-9,11-14,16,22H,7,10,15,17-18H2,1H3/t22-/m1/s1. The average Bonchev–Trinajstić information content (AvgIpc) is 3.54. The van der Waals surface area contributed by atoms with E-state index in [1.165, 1.54) is 6.07 Å². The van der Waals surface area contributed by atoms with Gasteiger partial charge in [0.2, 0.25) is 5.88 Å². The van der Waals surface area contributed by atoms with Crippen molar-refractivity contribution in [2.75, 3.05) is 13.2 Å². The summed E-state index contributed by atoms with van der Waals surface area (Å²) >= 11 is 6.37. The van der Waals surface area contributed by atoms with Crippen LogP contribution >= 0.6 is 11.6 Å². The molecule has 0 spiro atoms. The fourth-order valence-corrected chi connectivity index (χ4v) is 4.70. The van der Waals surface area contributed by atoms with Crippen LogP contribution in [0.1, 0.15) is 34.5 Å². The van der Waals surface area contributed by atoms with E-state index in [0.717, 1.165) is 25.0 Å². The molecular formula is C29H26ClF2N3O3. The lowest BCUT2D eigenvalue weighted by Gasteiger charge is -2.26. The molecule has 1 aliphatic heterocycles. The van der Waals surface area contributed by atoms with Gasteiger partial charge in [0.25, 0.3) is 5.91 Å². The molecule has 0 aliphatic carbocycles. The molecule has 0 unspecified atom stereocenters. The molecule has 5 rings (SSSR count). The first-order valence-corrected chi connectivity index (χ1v) is 12.7. The van der Waals surface area contributed by atoms with Gasteiger partial charge in [-0.2, -0.15) is 5.10 Å². The maximum absolute atomic E-state index is 14.6. The van der Waals surface area contributed by atoms with Crippen LogP contribution in [0.4, 0.5) is 8.78 Å². The lowest BCUT2D eigenvalue weighted by Crippen LogP contribution is -2.37. The lowest BCUT2D eigenvalue weighted by atomic mass is 10.1. The van der Waals surface area contributed by atoms with Crippen LogP contribution in [0.5, 0.6) is 11.6 Å². The Labute approximate surface area is 224 Å². The molecule has 1 atom stereocenters. The molecule has 0 radical (unpaired) electrons. The molecule has 2 heterocycles. The Morgan fingerprint density at radius 3 is 2.61 bits per heavy atom. The summed E-state index contributed by atoms with van der Waals surface area (Å²) in [5.41, 5.74) is 2.22. The van der Waals surface area contributed by atoms with Crippen molar-refractivity contribution < 1.29 is 23.0 Å². The monoisotopic (exact) mass is 537 g/mol. The molecule has 1 aromatic heterocycles. The molecule has 1 amide bonds. The second-order valence-electron chi connectivity index (χ2n) is 9.09. The van der Waals surface area contributed by atoms with E-state index in [1.807, 2.05) is 30.3 Å². The summed E-state index contributed by atoms with van der Waals surface area (Å²) in [6.45, 7) is 2.89. The number of amides is 1. The highest BCUT2D eigenvalue weighted by Gasteiger charge is 2.29. The van der Waals surface area contributed by atoms with Gasteiger partial charge in [0, 0.05) is 19.2 Å². The van der Waals surface area contributed by atoms with Crippen molar-refractivity contribution >= 4 is 17.5 Å². The highest BCUT2D eigenvalue weighted by atomic mass is 35.5. The number of aryl methyl sites for hydroxylation is 1. The average molecular weight is 538 g/mol. The van der Waals surface area contributed by atoms with Gasteiger partial charge in [-0.1, -0.05) is 41.9 Å². The van der Waals surface area contributed by atoms with Crippen molar-refractivity contribution in [2.24, 2.45) is 0 Å². The minimum absolute atomic E-state index is 0.112. The number of rotatable bonds is 8. The minimum Gasteiger partial charge on any atom is -0.435 e. The van der Waals surface area contributed by atoms with Gasteiger partial charge in [-0.05, 0) is 56.2 Å². The second-order valence-corrected chi connectivity index (χ2v) is 9.50. The van der Waals surface area contributed by atoms with Crippen LogP contribution in [-0.4, -0.2) is 39.8 Å². The van der Waals surface area contributed by atoms with E-state index in [2.05, 4.69) is 5.10 Å². The van der Waals surface area contributed by atoms with Crippen LogP contribution in [0.25, 0.3) is 5.69 Å². The number of halogens is 3. The first-order valence-electron chi connectivity index (χ1n) is 12.3. The number of nitrogens with zero attached hydrogens (tertiary/aromatic N) is 3. The SMILES string of the molecule is Cc1nn(-c2ccccc2)c(Oc2ccc(F)cc2F)c1CN(C[C@H]1CCCO1)C(=O)c1ccccc1Cl. The zero-order valence-electron chi connectivity index (χ0n) is 20.7. The molecule has 38 heavy (non-hydrogen) atoms. The van der Waals surface area contributed by atoms with Gasteiger partial charge in [0.1, 0.15) is 5.82 Å². The number of hydrogen-bond donors (Lipinski definition) is 0. The Morgan fingerprint density at radius 2 is 1.89 bits per heavy atom. The van der Waals surface area contributed by atoms with E-state index in [1.54, 1.807) is 40.8 Å². The number of aromatic nitrogens is 2. The van der Waals surface area contributed by atoms with Gasteiger partial charge in [0.15, 0.2) is 11.6 Å². The third-order valence-corrected chi connectivity index (χ3v) is 6.76. The van der Waals surface area contributed by atoms with E-state index < -0.39 is 11.6 Å². The van der Waals surface area contributed by atoms with E-state index in [0.29, 0.717) is 40.7 Å². The summed E-state index contributed by atoms with van der Waals surface area (Å²) in [5, 5.41) is 5.00. The predicted molar refractivity (Wildman–Crippen MR) is 140 cm³/mol. The van der Waals surface area contributed by atoms with Crippen molar-refractivity contribution in [2.45, 2.75) is 32.4 Å². The molecule has 1 saturated heterocycles. The molecular weight excluding hydrogens is 512 g/mol. The summed E-state index contributed by atoms with van der Waals surface area (Å²) in [5.74, 6) is -1.76. The Kier molecular flexibility index (Phi) is 7.72. The Hall–Kier alpha value is -3.75. The van der Waals surface area contributed by atoms with Crippen LogP contribution in [0.3, 0.4) is 0 Å². The second kappa shape index (κ2) is 11.3. The number of hydrogen-bond acceptors (Lipinski definition) is 4. The number of para-hydroxylation sites is 1. The summed E-state index contributed by atoms with van der Waals surface area (Å²) in [4.78, 5) is 15.4. The normalized spacial score (nSPS) is 15.0. The quantitative estimate of drug-likeness (QED) is 0.250. The third kappa shape index (κ3) is 5.56. The number of carbonyl (C=O) groups is 1. The number of ether oxygens (including phenoxy) is 2. The Morgan fingerprint density at radius 1 is 1.13 bits per heavy atom. The molecule has 0 saturated carbocycles. The Balaban J connectivity index is 1.57.